The molecule has 0 atom stereocenters. The van der Waals surface area contributed by atoms with E-state index in [4.69, 9.17) is 9.15 Å². The first-order valence-electron chi connectivity index (χ1n) is 8.06. The van der Waals surface area contributed by atoms with Gasteiger partial charge >= 0.3 is 0 Å². The molecule has 0 saturated carbocycles. The van der Waals surface area contributed by atoms with Crippen LogP contribution in [0.15, 0.2) is 76.2 Å². The fraction of sp³-hybridized carbons (Fsp3) is 0.105. The van der Waals surface area contributed by atoms with Crippen molar-refractivity contribution in [1.82, 2.24) is 4.72 Å². The summed E-state index contributed by atoms with van der Waals surface area (Å²) in [6.45, 7) is 0.0572. The summed E-state index contributed by atoms with van der Waals surface area (Å²) >= 11 is 0. The molecule has 1 amide bonds. The summed E-state index contributed by atoms with van der Waals surface area (Å²) in [5.74, 6) is 0.620. The minimum absolute atomic E-state index is 0.0572. The van der Waals surface area contributed by atoms with Crippen LogP contribution >= 0.6 is 0 Å². The van der Waals surface area contributed by atoms with Crippen LogP contribution in [0.2, 0.25) is 0 Å². The third-order valence-corrected chi connectivity index (χ3v) is 5.21. The quantitative estimate of drug-likeness (QED) is 0.650. The minimum Gasteiger partial charge on any atom is -0.496 e. The van der Waals surface area contributed by atoms with Gasteiger partial charge in [-0.25, -0.2) is 13.1 Å². The number of amides is 1. The average Bonchev–Trinajstić information content (AvgIpc) is 3.20. The van der Waals surface area contributed by atoms with Crippen LogP contribution in [0.25, 0.3) is 0 Å². The second-order valence-electron chi connectivity index (χ2n) is 5.58. The van der Waals surface area contributed by atoms with Crippen LogP contribution < -0.4 is 14.8 Å². The van der Waals surface area contributed by atoms with Crippen molar-refractivity contribution in [3.05, 3.63) is 78.3 Å². The number of carbonyl (C=O) groups is 1. The standard InChI is InChI=1S/C19H18N2O5S/c1-25-18-7-3-2-6-17(18)19(22)21-14-8-10-16(11-9-14)27(23,24)20-13-15-5-4-12-26-15/h2-12,20H,13H2,1H3,(H,21,22). The molecular formula is C19H18N2O5S. The number of para-hydroxylation sites is 1. The summed E-state index contributed by atoms with van der Waals surface area (Å²) in [4.78, 5) is 12.5. The van der Waals surface area contributed by atoms with Gasteiger partial charge in [0.15, 0.2) is 0 Å². The second kappa shape index (κ2) is 8.07. The molecule has 2 aromatic carbocycles. The van der Waals surface area contributed by atoms with Crippen LogP contribution in [0, 0.1) is 0 Å². The van der Waals surface area contributed by atoms with Gasteiger partial charge in [0.2, 0.25) is 10.0 Å². The van der Waals surface area contributed by atoms with E-state index in [-0.39, 0.29) is 17.3 Å². The van der Waals surface area contributed by atoms with Crippen molar-refractivity contribution in [2.75, 3.05) is 12.4 Å². The highest BCUT2D eigenvalue weighted by atomic mass is 32.2. The number of carbonyl (C=O) groups excluding carboxylic acids is 1. The molecular weight excluding hydrogens is 368 g/mol. The smallest absolute Gasteiger partial charge is 0.259 e. The van der Waals surface area contributed by atoms with Gasteiger partial charge in [-0.05, 0) is 48.5 Å². The molecule has 7 nitrogen and oxygen atoms in total. The van der Waals surface area contributed by atoms with Crippen LogP contribution in [0.3, 0.4) is 0 Å². The molecule has 2 N–H and O–H groups in total. The first-order valence-corrected chi connectivity index (χ1v) is 9.54. The predicted molar refractivity (Wildman–Crippen MR) is 100 cm³/mol. The molecule has 0 aliphatic carbocycles. The van der Waals surface area contributed by atoms with E-state index in [1.54, 1.807) is 36.4 Å². The number of benzene rings is 2. The molecule has 1 aromatic heterocycles. The van der Waals surface area contributed by atoms with Crippen LogP contribution in [0.5, 0.6) is 5.75 Å². The molecule has 3 rings (SSSR count). The van der Waals surface area contributed by atoms with Crippen molar-refractivity contribution in [3.8, 4) is 5.75 Å². The van der Waals surface area contributed by atoms with Crippen molar-refractivity contribution in [1.29, 1.82) is 0 Å². The number of anilines is 1. The van der Waals surface area contributed by atoms with E-state index in [0.717, 1.165) is 0 Å². The van der Waals surface area contributed by atoms with Gasteiger partial charge in [0.1, 0.15) is 11.5 Å². The van der Waals surface area contributed by atoms with E-state index in [1.807, 2.05) is 0 Å². The van der Waals surface area contributed by atoms with Gasteiger partial charge in [-0.2, -0.15) is 0 Å². The van der Waals surface area contributed by atoms with Crippen LogP contribution in [-0.2, 0) is 16.6 Å². The van der Waals surface area contributed by atoms with Crippen LogP contribution in [0.4, 0.5) is 5.69 Å². The Hall–Kier alpha value is -3.10. The third kappa shape index (κ3) is 4.55. The number of methoxy groups -OCH3 is 1. The Morgan fingerprint density at radius 3 is 2.44 bits per heavy atom. The Morgan fingerprint density at radius 1 is 1.04 bits per heavy atom. The molecule has 8 heteroatoms. The Balaban J connectivity index is 1.68. The summed E-state index contributed by atoms with van der Waals surface area (Å²) < 4.78 is 37.3. The lowest BCUT2D eigenvalue weighted by atomic mass is 10.2. The van der Waals surface area contributed by atoms with E-state index in [9.17, 15) is 13.2 Å². The Bertz CT molecular complexity index is 1010. The zero-order chi connectivity index (χ0) is 19.3. The largest absolute Gasteiger partial charge is 0.496 e. The van der Waals surface area contributed by atoms with Gasteiger partial charge < -0.3 is 14.5 Å². The van der Waals surface area contributed by atoms with E-state index >= 15 is 0 Å². The molecule has 0 aliphatic heterocycles. The maximum atomic E-state index is 12.4. The van der Waals surface area contributed by atoms with Gasteiger partial charge in [0.05, 0.1) is 30.4 Å². The SMILES string of the molecule is COc1ccccc1C(=O)Nc1ccc(S(=O)(=O)NCc2ccco2)cc1. The Morgan fingerprint density at radius 2 is 1.78 bits per heavy atom. The summed E-state index contributed by atoms with van der Waals surface area (Å²) in [6.07, 6.45) is 1.48. The molecule has 3 aromatic rings. The molecule has 140 valence electrons. The molecule has 27 heavy (non-hydrogen) atoms. The van der Waals surface area contributed by atoms with E-state index in [1.165, 1.54) is 37.6 Å². The fourth-order valence-corrected chi connectivity index (χ4v) is 3.40. The number of rotatable bonds is 7. The molecule has 1 heterocycles. The van der Waals surface area contributed by atoms with Gasteiger partial charge in [0, 0.05) is 5.69 Å². The second-order valence-corrected chi connectivity index (χ2v) is 7.35. The molecule has 0 unspecified atom stereocenters. The number of sulfonamides is 1. The Labute approximate surface area is 157 Å². The normalized spacial score (nSPS) is 11.1. The fourth-order valence-electron chi connectivity index (χ4n) is 2.41. The molecule has 0 spiro atoms. The lowest BCUT2D eigenvalue weighted by molar-refractivity contribution is 0.102. The highest BCUT2D eigenvalue weighted by Crippen LogP contribution is 2.20. The monoisotopic (exact) mass is 386 g/mol. The van der Waals surface area contributed by atoms with E-state index in [2.05, 4.69) is 10.0 Å². The topological polar surface area (TPSA) is 97.6 Å². The lowest BCUT2D eigenvalue weighted by Crippen LogP contribution is -2.23. The molecule has 0 aliphatic rings. The average molecular weight is 386 g/mol. The zero-order valence-corrected chi connectivity index (χ0v) is 15.3. The van der Waals surface area contributed by atoms with Crippen LogP contribution in [0.1, 0.15) is 16.1 Å². The zero-order valence-electron chi connectivity index (χ0n) is 14.5. The third-order valence-electron chi connectivity index (χ3n) is 3.79. The highest BCUT2D eigenvalue weighted by molar-refractivity contribution is 7.89. The summed E-state index contributed by atoms with van der Waals surface area (Å²) in [5, 5.41) is 2.72. The minimum atomic E-state index is -3.69. The van der Waals surface area contributed by atoms with Crippen LogP contribution in [-0.4, -0.2) is 21.4 Å². The molecule has 0 fully saturated rings. The van der Waals surface area contributed by atoms with Gasteiger partial charge in [0.25, 0.3) is 5.91 Å². The van der Waals surface area contributed by atoms with Crippen molar-refractivity contribution in [2.24, 2.45) is 0 Å². The number of hydrogen-bond donors (Lipinski definition) is 2. The summed E-state index contributed by atoms with van der Waals surface area (Å²) in [7, 11) is -2.20. The Kier molecular flexibility index (Phi) is 5.58. The number of hydrogen-bond acceptors (Lipinski definition) is 5. The van der Waals surface area contributed by atoms with E-state index in [0.29, 0.717) is 22.8 Å². The molecule has 0 saturated heterocycles. The van der Waals surface area contributed by atoms with Gasteiger partial charge in [-0.3, -0.25) is 4.79 Å². The van der Waals surface area contributed by atoms with Crippen molar-refractivity contribution < 1.29 is 22.4 Å². The van der Waals surface area contributed by atoms with Gasteiger partial charge in [-0.1, -0.05) is 12.1 Å². The van der Waals surface area contributed by atoms with Crippen molar-refractivity contribution in [2.45, 2.75) is 11.4 Å². The van der Waals surface area contributed by atoms with Gasteiger partial charge in [-0.15, -0.1) is 0 Å². The van der Waals surface area contributed by atoms with Crippen molar-refractivity contribution in [3.63, 3.8) is 0 Å². The van der Waals surface area contributed by atoms with Crippen molar-refractivity contribution >= 4 is 21.6 Å². The first-order chi connectivity index (χ1) is 13.0. The summed E-state index contributed by atoms with van der Waals surface area (Å²) in [5.41, 5.74) is 0.854. The lowest BCUT2D eigenvalue weighted by Gasteiger charge is -2.10. The number of furan rings is 1. The molecule has 0 radical (unpaired) electrons. The molecule has 0 bridgehead atoms. The predicted octanol–water partition coefficient (Wildman–Crippen LogP) is 3.02. The maximum Gasteiger partial charge on any atom is 0.259 e. The van der Waals surface area contributed by atoms with E-state index < -0.39 is 10.0 Å². The number of nitrogens with one attached hydrogen (secondary N) is 2. The highest BCUT2D eigenvalue weighted by Gasteiger charge is 2.15. The number of ether oxygens (including phenoxy) is 1. The summed E-state index contributed by atoms with van der Waals surface area (Å²) in [6, 6.07) is 16.1. The first kappa shape index (κ1) is 18.7. The maximum absolute atomic E-state index is 12.4.